The van der Waals surface area contributed by atoms with Gasteiger partial charge in [-0.3, -0.25) is 4.79 Å². The molecule has 0 spiro atoms. The molecule has 27 heavy (non-hydrogen) atoms. The lowest BCUT2D eigenvalue weighted by molar-refractivity contribution is -0.141. The number of halogens is 3. The molecule has 2 aliphatic rings. The molecule has 1 aromatic carbocycles. The minimum absolute atomic E-state index is 0.0309. The topological polar surface area (TPSA) is 46.1 Å². The van der Waals surface area contributed by atoms with Crippen molar-refractivity contribution in [3.05, 3.63) is 53.2 Å². The lowest BCUT2D eigenvalue weighted by Gasteiger charge is -2.33. The first kappa shape index (κ1) is 18.3. The van der Waals surface area contributed by atoms with E-state index in [-0.39, 0.29) is 17.2 Å². The van der Waals surface area contributed by atoms with E-state index >= 15 is 0 Å². The number of fused-ring (bicyclic) bond motifs is 1. The van der Waals surface area contributed by atoms with Crippen LogP contribution in [0.25, 0.3) is 0 Å². The van der Waals surface area contributed by atoms with Crippen LogP contribution >= 0.6 is 11.8 Å². The molecule has 0 N–H and O–H groups in total. The van der Waals surface area contributed by atoms with E-state index in [1.807, 2.05) is 17.0 Å². The Kier molecular flexibility index (Phi) is 4.84. The van der Waals surface area contributed by atoms with E-state index in [4.69, 9.17) is 0 Å². The number of nitrogens with zero attached hydrogens (tertiary/aromatic N) is 3. The van der Waals surface area contributed by atoms with Crippen molar-refractivity contribution in [2.45, 2.75) is 48.2 Å². The van der Waals surface area contributed by atoms with Crippen LogP contribution in [0.15, 0.2) is 41.4 Å². The van der Waals surface area contributed by atoms with Gasteiger partial charge in [0.2, 0.25) is 5.91 Å². The second kappa shape index (κ2) is 7.14. The molecular formula is C19H18F3N3OS. The van der Waals surface area contributed by atoms with E-state index in [1.54, 1.807) is 0 Å². The largest absolute Gasteiger partial charge is 0.435 e. The Labute approximate surface area is 159 Å². The van der Waals surface area contributed by atoms with E-state index < -0.39 is 11.9 Å². The highest BCUT2D eigenvalue weighted by Crippen LogP contribution is 2.39. The van der Waals surface area contributed by atoms with Gasteiger partial charge in [-0.1, -0.05) is 36.0 Å². The fourth-order valence-electron chi connectivity index (χ4n) is 3.83. The Hall–Kier alpha value is -2.09. The highest BCUT2D eigenvalue weighted by molar-refractivity contribution is 8.00. The Morgan fingerprint density at radius 2 is 1.89 bits per heavy atom. The molecule has 4 nitrogen and oxygen atoms in total. The molecule has 4 rings (SSSR count). The van der Waals surface area contributed by atoms with Crippen molar-refractivity contribution in [1.82, 2.24) is 15.1 Å². The van der Waals surface area contributed by atoms with E-state index in [9.17, 15) is 18.0 Å². The molecule has 1 aliphatic carbocycles. The number of hydrogen-bond acceptors (Lipinski definition) is 4. The number of amides is 1. The molecule has 2 aromatic rings. The molecule has 1 fully saturated rings. The number of alkyl halides is 3. The zero-order valence-electron chi connectivity index (χ0n) is 14.4. The summed E-state index contributed by atoms with van der Waals surface area (Å²) >= 11 is 1.20. The summed E-state index contributed by atoms with van der Waals surface area (Å²) in [5.74, 6) is 0.0309. The van der Waals surface area contributed by atoms with Gasteiger partial charge in [0.15, 0.2) is 5.69 Å². The molecule has 2 atom stereocenters. The van der Waals surface area contributed by atoms with Gasteiger partial charge in [-0.05, 0) is 48.9 Å². The quantitative estimate of drug-likeness (QED) is 0.782. The van der Waals surface area contributed by atoms with E-state index in [0.29, 0.717) is 18.0 Å². The van der Waals surface area contributed by atoms with Crippen molar-refractivity contribution >= 4 is 17.7 Å². The number of thioether (sulfide) groups is 1. The third-order valence-electron chi connectivity index (χ3n) is 5.10. The number of carbonyl (C=O) groups is 1. The Morgan fingerprint density at radius 3 is 2.63 bits per heavy atom. The first-order valence-corrected chi connectivity index (χ1v) is 9.77. The summed E-state index contributed by atoms with van der Waals surface area (Å²) in [4.78, 5) is 14.8. The van der Waals surface area contributed by atoms with Gasteiger partial charge in [-0.15, -0.1) is 10.2 Å². The first-order chi connectivity index (χ1) is 12.9. The van der Waals surface area contributed by atoms with Crippen molar-refractivity contribution in [3.63, 3.8) is 0 Å². The average molecular weight is 393 g/mol. The second-order valence-corrected chi connectivity index (χ2v) is 8.01. The number of benzene rings is 1. The number of hydrogen-bond donors (Lipinski definition) is 0. The van der Waals surface area contributed by atoms with Crippen molar-refractivity contribution in [2.75, 3.05) is 6.54 Å². The standard InChI is InChI=1S/C19H18F3N3OS/c20-19(21,22)16-8-9-17(24-23-16)27-15-10-11-25(18(15)26)14-7-3-5-12-4-1-2-6-13(12)14/h1-2,4,6,8-9,14-15H,3,5,7,10-11H2. The summed E-state index contributed by atoms with van der Waals surface area (Å²) in [6.07, 6.45) is -0.822. The maximum absolute atomic E-state index is 12.9. The van der Waals surface area contributed by atoms with Crippen LogP contribution in [0.5, 0.6) is 0 Å². The van der Waals surface area contributed by atoms with E-state index in [2.05, 4.69) is 22.3 Å². The molecule has 8 heteroatoms. The lowest BCUT2D eigenvalue weighted by atomic mass is 9.87. The molecule has 0 radical (unpaired) electrons. The van der Waals surface area contributed by atoms with Crippen LogP contribution in [0.3, 0.4) is 0 Å². The van der Waals surface area contributed by atoms with Crippen LogP contribution in [0.4, 0.5) is 13.2 Å². The van der Waals surface area contributed by atoms with Crippen LogP contribution in [-0.4, -0.2) is 32.8 Å². The summed E-state index contributed by atoms with van der Waals surface area (Å²) in [7, 11) is 0. The van der Waals surface area contributed by atoms with E-state index in [1.165, 1.54) is 29.0 Å². The van der Waals surface area contributed by atoms with Crippen molar-refractivity contribution in [1.29, 1.82) is 0 Å². The SMILES string of the molecule is O=C1C(Sc2ccc(C(F)(F)F)nn2)CCN1C1CCCc2ccccc21. The average Bonchev–Trinajstić information content (AvgIpc) is 3.01. The molecule has 1 aliphatic heterocycles. The maximum atomic E-state index is 12.9. The van der Waals surface area contributed by atoms with Gasteiger partial charge in [0.25, 0.3) is 0 Å². The highest BCUT2D eigenvalue weighted by Gasteiger charge is 2.39. The molecule has 2 unspecified atom stereocenters. The molecule has 1 amide bonds. The van der Waals surface area contributed by atoms with Gasteiger partial charge >= 0.3 is 6.18 Å². The number of aromatic nitrogens is 2. The minimum atomic E-state index is -4.51. The highest BCUT2D eigenvalue weighted by atomic mass is 32.2. The smallest absolute Gasteiger partial charge is 0.335 e. The summed E-state index contributed by atoms with van der Waals surface area (Å²) in [5, 5.41) is 6.89. The molecule has 0 bridgehead atoms. The molecule has 1 saturated heterocycles. The molecule has 2 heterocycles. The number of rotatable bonds is 3. The fraction of sp³-hybridized carbons (Fsp3) is 0.421. The summed E-state index contributed by atoms with van der Waals surface area (Å²) < 4.78 is 37.8. The number of aryl methyl sites for hydroxylation is 1. The van der Waals surface area contributed by atoms with Crippen LogP contribution in [0.2, 0.25) is 0 Å². The van der Waals surface area contributed by atoms with Gasteiger partial charge in [0.05, 0.1) is 11.3 Å². The predicted molar refractivity (Wildman–Crippen MR) is 95.1 cm³/mol. The van der Waals surface area contributed by atoms with Crippen LogP contribution in [-0.2, 0) is 17.4 Å². The lowest BCUT2D eigenvalue weighted by Crippen LogP contribution is -2.34. The Bertz CT molecular complexity index is 841. The van der Waals surface area contributed by atoms with Gasteiger partial charge in [-0.25, -0.2) is 0 Å². The fourth-order valence-corrected chi connectivity index (χ4v) is 4.81. The van der Waals surface area contributed by atoms with Crippen molar-refractivity contribution in [3.8, 4) is 0 Å². The third-order valence-corrected chi connectivity index (χ3v) is 6.28. The Morgan fingerprint density at radius 1 is 1.07 bits per heavy atom. The van der Waals surface area contributed by atoms with Gasteiger partial charge in [0, 0.05) is 6.54 Å². The van der Waals surface area contributed by atoms with Crippen LogP contribution in [0, 0.1) is 0 Å². The zero-order chi connectivity index (χ0) is 19.0. The minimum Gasteiger partial charge on any atom is -0.335 e. The third kappa shape index (κ3) is 3.67. The van der Waals surface area contributed by atoms with Gasteiger partial charge < -0.3 is 4.90 Å². The molecular weight excluding hydrogens is 375 g/mol. The van der Waals surface area contributed by atoms with E-state index in [0.717, 1.165) is 25.3 Å². The van der Waals surface area contributed by atoms with Gasteiger partial charge in [-0.2, -0.15) is 13.2 Å². The monoisotopic (exact) mass is 393 g/mol. The summed E-state index contributed by atoms with van der Waals surface area (Å²) in [5.41, 5.74) is 1.49. The van der Waals surface area contributed by atoms with Gasteiger partial charge in [0.1, 0.15) is 5.03 Å². The predicted octanol–water partition coefficient (Wildman–Crippen LogP) is 4.27. The maximum Gasteiger partial charge on any atom is 0.435 e. The van der Waals surface area contributed by atoms with Crippen molar-refractivity contribution in [2.24, 2.45) is 0 Å². The molecule has 1 aromatic heterocycles. The zero-order valence-corrected chi connectivity index (χ0v) is 15.3. The summed E-state index contributed by atoms with van der Waals surface area (Å²) in [6.45, 7) is 0.656. The molecule has 142 valence electrons. The molecule has 0 saturated carbocycles. The van der Waals surface area contributed by atoms with Crippen LogP contribution in [0.1, 0.15) is 42.1 Å². The van der Waals surface area contributed by atoms with Crippen LogP contribution < -0.4 is 0 Å². The Balaban J connectivity index is 1.47. The van der Waals surface area contributed by atoms with Crippen molar-refractivity contribution < 1.29 is 18.0 Å². The first-order valence-electron chi connectivity index (χ1n) is 8.89. The number of likely N-dealkylation sites (tertiary alicyclic amines) is 1. The normalized spacial score (nSPS) is 22.8. The summed E-state index contributed by atoms with van der Waals surface area (Å²) in [6, 6.07) is 10.5. The number of carbonyl (C=O) groups excluding carboxylic acids is 1. The second-order valence-electron chi connectivity index (χ2n) is 6.79.